The van der Waals surface area contributed by atoms with Crippen LogP contribution in [0.2, 0.25) is 0 Å². The highest BCUT2D eigenvalue weighted by molar-refractivity contribution is 5.99. The number of hydrogen-bond donors (Lipinski definition) is 2. The van der Waals surface area contributed by atoms with Gasteiger partial charge in [0, 0.05) is 13.1 Å². The molecule has 128 valence electrons. The second-order valence-corrected chi connectivity index (χ2v) is 5.05. The fraction of sp³-hybridized carbons (Fsp3) is 0.533. The van der Waals surface area contributed by atoms with Crippen LogP contribution in [0.1, 0.15) is 17.3 Å². The zero-order chi connectivity index (χ0) is 16.8. The Hall–Kier alpha value is -2.09. The molecule has 1 aromatic rings. The number of morpholine rings is 1. The molecule has 3 N–H and O–H groups in total. The quantitative estimate of drug-likeness (QED) is 0.614. The van der Waals surface area contributed by atoms with Gasteiger partial charge in [0.15, 0.2) is 0 Å². The number of rotatable bonds is 6. The van der Waals surface area contributed by atoms with E-state index in [1.54, 1.807) is 13.0 Å². The molecule has 1 fully saturated rings. The number of benzene rings is 1. The van der Waals surface area contributed by atoms with Gasteiger partial charge in [-0.1, -0.05) is 0 Å². The average molecular weight is 329 g/mol. The van der Waals surface area contributed by atoms with Gasteiger partial charge in [-0.15, -0.1) is 0 Å². The van der Waals surface area contributed by atoms with Crippen molar-refractivity contribution in [1.82, 2.24) is 0 Å². The third-order valence-corrected chi connectivity index (χ3v) is 3.46. The SMILES string of the molecule is CCOC(=O)c1cc(N)c(NCC(F)F)cc1N1CCOCC1. The fourth-order valence-electron chi connectivity index (χ4n) is 2.38. The van der Waals surface area contributed by atoms with Crippen molar-refractivity contribution in [3.05, 3.63) is 17.7 Å². The average Bonchev–Trinajstić information content (AvgIpc) is 2.54. The van der Waals surface area contributed by atoms with Crippen molar-refractivity contribution in [2.75, 3.05) is 55.4 Å². The summed E-state index contributed by atoms with van der Waals surface area (Å²) in [5.74, 6) is -0.485. The van der Waals surface area contributed by atoms with E-state index in [4.69, 9.17) is 15.2 Å². The minimum Gasteiger partial charge on any atom is -0.462 e. The smallest absolute Gasteiger partial charge is 0.340 e. The molecule has 1 saturated heterocycles. The first-order chi connectivity index (χ1) is 11.0. The lowest BCUT2D eigenvalue weighted by molar-refractivity contribution is 0.0526. The van der Waals surface area contributed by atoms with Gasteiger partial charge in [0.2, 0.25) is 0 Å². The van der Waals surface area contributed by atoms with Gasteiger partial charge in [0.25, 0.3) is 6.43 Å². The molecule has 0 saturated carbocycles. The largest absolute Gasteiger partial charge is 0.462 e. The van der Waals surface area contributed by atoms with Crippen molar-refractivity contribution in [1.29, 1.82) is 0 Å². The summed E-state index contributed by atoms with van der Waals surface area (Å²) in [5.41, 5.74) is 7.42. The molecule has 0 aromatic heterocycles. The Balaban J connectivity index is 2.35. The second-order valence-electron chi connectivity index (χ2n) is 5.05. The van der Waals surface area contributed by atoms with Crippen LogP contribution >= 0.6 is 0 Å². The van der Waals surface area contributed by atoms with Gasteiger partial charge in [-0.05, 0) is 19.1 Å². The molecule has 0 unspecified atom stereocenters. The van der Waals surface area contributed by atoms with Crippen LogP contribution < -0.4 is 16.0 Å². The van der Waals surface area contributed by atoms with E-state index in [0.29, 0.717) is 43.2 Å². The second kappa shape index (κ2) is 7.96. The number of alkyl halides is 2. The van der Waals surface area contributed by atoms with Gasteiger partial charge in [-0.3, -0.25) is 0 Å². The van der Waals surface area contributed by atoms with Crippen LogP contribution in [0.15, 0.2) is 12.1 Å². The van der Waals surface area contributed by atoms with E-state index in [9.17, 15) is 13.6 Å². The lowest BCUT2D eigenvalue weighted by Gasteiger charge is -2.31. The predicted octanol–water partition coefficient (Wildman–Crippen LogP) is 1.96. The Bertz CT molecular complexity index is 549. The summed E-state index contributed by atoms with van der Waals surface area (Å²) in [5, 5.41) is 2.60. The summed E-state index contributed by atoms with van der Waals surface area (Å²) in [6.07, 6.45) is -2.49. The van der Waals surface area contributed by atoms with E-state index in [1.165, 1.54) is 6.07 Å². The van der Waals surface area contributed by atoms with Crippen molar-refractivity contribution in [3.8, 4) is 0 Å². The Kier molecular flexibility index (Phi) is 5.97. The van der Waals surface area contributed by atoms with E-state index in [1.807, 2.05) is 4.90 Å². The van der Waals surface area contributed by atoms with E-state index in [0.717, 1.165) is 0 Å². The third-order valence-electron chi connectivity index (χ3n) is 3.46. The number of hydrogen-bond acceptors (Lipinski definition) is 6. The maximum atomic E-state index is 12.4. The standard InChI is InChI=1S/C15H21F2N3O3/c1-2-23-15(21)10-7-11(18)12(19-9-14(16)17)8-13(10)20-3-5-22-6-4-20/h7-8,14,19H,2-6,9,18H2,1H3. The summed E-state index contributed by atoms with van der Waals surface area (Å²) in [6, 6.07) is 3.09. The summed E-state index contributed by atoms with van der Waals surface area (Å²) in [6.45, 7) is 3.72. The fourth-order valence-corrected chi connectivity index (χ4v) is 2.38. The molecule has 0 amide bonds. The Labute approximate surface area is 133 Å². The molecule has 1 aliphatic rings. The minimum absolute atomic E-state index is 0.228. The van der Waals surface area contributed by atoms with Crippen LogP contribution in [-0.2, 0) is 9.47 Å². The molecule has 1 aromatic carbocycles. The molecule has 0 atom stereocenters. The normalized spacial score (nSPS) is 14.9. The maximum Gasteiger partial charge on any atom is 0.340 e. The zero-order valence-electron chi connectivity index (χ0n) is 13.0. The lowest BCUT2D eigenvalue weighted by Crippen LogP contribution is -2.37. The minimum atomic E-state index is -2.49. The van der Waals surface area contributed by atoms with Crippen molar-refractivity contribution >= 4 is 23.0 Å². The number of carbonyl (C=O) groups is 1. The summed E-state index contributed by atoms with van der Waals surface area (Å²) < 4.78 is 35.2. The first-order valence-electron chi connectivity index (χ1n) is 7.48. The molecule has 0 radical (unpaired) electrons. The summed E-state index contributed by atoms with van der Waals surface area (Å²) >= 11 is 0. The van der Waals surface area contributed by atoms with Gasteiger partial charge in [-0.25, -0.2) is 13.6 Å². The maximum absolute atomic E-state index is 12.4. The molecule has 8 heteroatoms. The summed E-state index contributed by atoms with van der Waals surface area (Å²) in [4.78, 5) is 14.1. The molecular weight excluding hydrogens is 308 g/mol. The first kappa shape index (κ1) is 17.3. The third kappa shape index (κ3) is 4.44. The van der Waals surface area contributed by atoms with Crippen LogP contribution in [0, 0.1) is 0 Å². The Morgan fingerprint density at radius 2 is 2.13 bits per heavy atom. The zero-order valence-corrected chi connectivity index (χ0v) is 13.0. The van der Waals surface area contributed by atoms with E-state index >= 15 is 0 Å². The van der Waals surface area contributed by atoms with Crippen molar-refractivity contribution in [2.45, 2.75) is 13.3 Å². The number of esters is 1. The number of ether oxygens (including phenoxy) is 2. The van der Waals surface area contributed by atoms with Gasteiger partial charge >= 0.3 is 5.97 Å². The molecule has 6 nitrogen and oxygen atoms in total. The monoisotopic (exact) mass is 329 g/mol. The Morgan fingerprint density at radius 3 is 2.74 bits per heavy atom. The van der Waals surface area contributed by atoms with Gasteiger partial charge in [0.05, 0.1) is 49.0 Å². The highest BCUT2D eigenvalue weighted by Crippen LogP contribution is 2.31. The molecular formula is C15H21F2N3O3. The molecule has 2 rings (SSSR count). The van der Waals surface area contributed by atoms with Gasteiger partial charge in [0.1, 0.15) is 0 Å². The van der Waals surface area contributed by atoms with Crippen molar-refractivity contribution < 1.29 is 23.0 Å². The number of carbonyl (C=O) groups excluding carboxylic acids is 1. The highest BCUT2D eigenvalue weighted by Gasteiger charge is 2.22. The van der Waals surface area contributed by atoms with Crippen molar-refractivity contribution in [2.24, 2.45) is 0 Å². The molecule has 23 heavy (non-hydrogen) atoms. The number of nitrogens with two attached hydrogens (primary N) is 1. The number of nitrogen functional groups attached to an aromatic ring is 1. The molecule has 1 aliphatic heterocycles. The van der Waals surface area contributed by atoms with Crippen LogP contribution in [-0.4, -0.2) is 51.8 Å². The molecule has 0 aliphatic carbocycles. The lowest BCUT2D eigenvalue weighted by atomic mass is 10.1. The van der Waals surface area contributed by atoms with Crippen LogP contribution in [0.25, 0.3) is 0 Å². The molecule has 0 bridgehead atoms. The number of halogens is 2. The molecule has 0 spiro atoms. The van der Waals surface area contributed by atoms with Gasteiger partial charge in [-0.2, -0.15) is 0 Å². The van der Waals surface area contributed by atoms with Crippen molar-refractivity contribution in [3.63, 3.8) is 0 Å². The topological polar surface area (TPSA) is 76.8 Å². The van der Waals surface area contributed by atoms with E-state index < -0.39 is 18.9 Å². The van der Waals surface area contributed by atoms with E-state index in [-0.39, 0.29) is 12.3 Å². The number of nitrogens with zero attached hydrogens (tertiary/aromatic N) is 1. The molecule has 1 heterocycles. The summed E-state index contributed by atoms with van der Waals surface area (Å²) in [7, 11) is 0. The van der Waals surface area contributed by atoms with Crippen LogP contribution in [0.3, 0.4) is 0 Å². The van der Waals surface area contributed by atoms with E-state index in [2.05, 4.69) is 5.32 Å². The number of nitrogens with one attached hydrogen (secondary N) is 1. The Morgan fingerprint density at radius 1 is 1.43 bits per heavy atom. The van der Waals surface area contributed by atoms with Gasteiger partial charge < -0.3 is 25.4 Å². The van der Waals surface area contributed by atoms with Crippen LogP contribution in [0.5, 0.6) is 0 Å². The highest BCUT2D eigenvalue weighted by atomic mass is 19.3. The number of anilines is 3. The van der Waals surface area contributed by atoms with Crippen LogP contribution in [0.4, 0.5) is 25.8 Å². The first-order valence-corrected chi connectivity index (χ1v) is 7.48. The predicted molar refractivity (Wildman–Crippen MR) is 84.3 cm³/mol.